The van der Waals surface area contributed by atoms with Crippen LogP contribution in [0, 0.1) is 0 Å². The molecule has 1 aromatic heterocycles. The van der Waals surface area contributed by atoms with Crippen molar-refractivity contribution in [2.24, 2.45) is 0 Å². The van der Waals surface area contributed by atoms with Crippen LogP contribution in [0.3, 0.4) is 0 Å². The molecule has 0 aromatic carbocycles. The van der Waals surface area contributed by atoms with Crippen molar-refractivity contribution in [3.8, 4) is 0 Å². The third-order valence-electron chi connectivity index (χ3n) is 2.76. The van der Waals surface area contributed by atoms with Crippen LogP contribution in [0.5, 0.6) is 0 Å². The van der Waals surface area contributed by atoms with E-state index in [1.54, 1.807) is 5.01 Å². The van der Waals surface area contributed by atoms with Crippen molar-refractivity contribution in [2.75, 3.05) is 13.1 Å². The minimum Gasteiger partial charge on any atom is -0.391 e. The number of hydrogen-bond donors (Lipinski definition) is 2. The monoisotopic (exact) mass is 354 g/mol. The molecule has 1 aliphatic rings. The Hall–Kier alpha value is 0.01000. The molecular formula is C10H15BrN2O3S2. The lowest BCUT2D eigenvalue weighted by Gasteiger charge is -2.26. The highest BCUT2D eigenvalue weighted by Crippen LogP contribution is 2.31. The van der Waals surface area contributed by atoms with Gasteiger partial charge in [0, 0.05) is 18.0 Å². The van der Waals surface area contributed by atoms with Crippen LogP contribution in [0.1, 0.15) is 24.1 Å². The maximum Gasteiger partial charge on any atom is 0.255 e. The molecule has 8 heteroatoms. The van der Waals surface area contributed by atoms with E-state index in [1.807, 2.05) is 0 Å². The van der Waals surface area contributed by atoms with E-state index in [4.69, 9.17) is 5.11 Å². The Morgan fingerprint density at radius 2 is 2.06 bits per heavy atom. The maximum absolute atomic E-state index is 12.2. The van der Waals surface area contributed by atoms with Gasteiger partial charge in [-0.25, -0.2) is 13.4 Å². The number of rotatable bonds is 4. The summed E-state index contributed by atoms with van der Waals surface area (Å²) in [4.78, 5) is 3.41. The second-order valence-electron chi connectivity index (χ2n) is 4.15. The normalized spacial score (nSPS) is 18.1. The van der Waals surface area contributed by atoms with Gasteiger partial charge in [-0.15, -0.1) is 16.2 Å². The van der Waals surface area contributed by atoms with Crippen molar-refractivity contribution in [2.45, 2.75) is 30.8 Å². The number of nitrogens with one attached hydrogen (secondary N) is 1. The molecule has 0 unspecified atom stereocenters. The predicted molar refractivity (Wildman–Crippen MR) is 73.7 cm³/mol. The van der Waals surface area contributed by atoms with Gasteiger partial charge in [0.05, 0.1) is 10.4 Å². The average Bonchev–Trinajstić information content (AvgIpc) is 2.72. The lowest BCUT2D eigenvalue weighted by atomic mass is 10.2. The zero-order chi connectivity index (χ0) is 13.2. The van der Waals surface area contributed by atoms with Gasteiger partial charge in [0.1, 0.15) is 4.90 Å². The Morgan fingerprint density at radius 1 is 1.39 bits per heavy atom. The van der Waals surface area contributed by atoms with Crippen LogP contribution < -0.4 is 4.83 Å². The minimum absolute atomic E-state index is 0.150. The number of aliphatic hydroxyl groups excluding tert-OH is 1. The molecule has 0 aliphatic carbocycles. The smallest absolute Gasteiger partial charge is 0.255 e. The summed E-state index contributed by atoms with van der Waals surface area (Å²) in [5.41, 5.74) is 0. The molecule has 0 amide bonds. The van der Waals surface area contributed by atoms with Gasteiger partial charge in [-0.3, -0.25) is 0 Å². The summed E-state index contributed by atoms with van der Waals surface area (Å²) in [7, 11) is -3.55. The topological polar surface area (TPSA) is 69.6 Å². The number of piperidine rings is 1. The van der Waals surface area contributed by atoms with E-state index in [9.17, 15) is 8.42 Å². The van der Waals surface area contributed by atoms with Gasteiger partial charge in [-0.05, 0) is 34.8 Å². The fraction of sp³-hybridized carbons (Fsp3) is 0.600. The maximum atomic E-state index is 12.2. The molecular weight excluding hydrogens is 340 g/mol. The lowest BCUT2D eigenvalue weighted by molar-refractivity contribution is 0.200. The molecule has 1 aliphatic heterocycles. The molecule has 2 heterocycles. The molecule has 102 valence electrons. The quantitative estimate of drug-likeness (QED) is 0.862. The Bertz CT molecular complexity index is 509. The van der Waals surface area contributed by atoms with Crippen molar-refractivity contribution in [1.29, 1.82) is 0 Å². The Morgan fingerprint density at radius 3 is 2.61 bits per heavy atom. The first-order valence-corrected chi connectivity index (χ1v) is 8.78. The first-order valence-electron chi connectivity index (χ1n) is 5.69. The van der Waals surface area contributed by atoms with Gasteiger partial charge in [-0.2, -0.15) is 0 Å². The van der Waals surface area contributed by atoms with Crippen molar-refractivity contribution in [1.82, 2.24) is 9.84 Å². The van der Waals surface area contributed by atoms with Gasteiger partial charge >= 0.3 is 0 Å². The summed E-state index contributed by atoms with van der Waals surface area (Å²) < 4.78 is 24.9. The van der Waals surface area contributed by atoms with Gasteiger partial charge in [0.2, 0.25) is 0 Å². The largest absolute Gasteiger partial charge is 0.391 e. The van der Waals surface area contributed by atoms with E-state index >= 15 is 0 Å². The summed E-state index contributed by atoms with van der Waals surface area (Å²) in [5.74, 6) is 0. The van der Waals surface area contributed by atoms with Crippen LogP contribution in [0.2, 0.25) is 0 Å². The van der Waals surface area contributed by atoms with Crippen LogP contribution in [-0.4, -0.2) is 31.6 Å². The van der Waals surface area contributed by atoms with Crippen LogP contribution in [-0.2, 0) is 16.6 Å². The summed E-state index contributed by atoms with van der Waals surface area (Å²) in [6.07, 6.45) is 3.17. The highest BCUT2D eigenvalue weighted by atomic mass is 79.9. The minimum atomic E-state index is -3.55. The predicted octanol–water partition coefficient (Wildman–Crippen LogP) is 1.68. The molecule has 1 aromatic rings. The third kappa shape index (κ3) is 3.31. The molecule has 5 nitrogen and oxygen atoms in total. The van der Waals surface area contributed by atoms with Crippen LogP contribution in [0.25, 0.3) is 0 Å². The van der Waals surface area contributed by atoms with Gasteiger partial charge in [0.25, 0.3) is 10.0 Å². The molecule has 1 fully saturated rings. The number of halogens is 1. The molecule has 1 saturated heterocycles. The Labute approximate surface area is 119 Å². The van der Waals surface area contributed by atoms with E-state index in [-0.39, 0.29) is 11.5 Å². The van der Waals surface area contributed by atoms with E-state index in [0.717, 1.165) is 32.4 Å². The standard InChI is InChI=1S/C10H15BrN2O3S2/c11-10-9(6-8(7-14)17-10)18(15,16)12-13-4-2-1-3-5-13/h6,12,14H,1-5,7H2. The van der Waals surface area contributed by atoms with Crippen molar-refractivity contribution in [3.63, 3.8) is 0 Å². The number of hydrogen-bond acceptors (Lipinski definition) is 5. The second kappa shape index (κ2) is 5.98. The number of nitrogens with zero attached hydrogens (tertiary/aromatic N) is 1. The van der Waals surface area contributed by atoms with E-state index in [2.05, 4.69) is 20.8 Å². The van der Waals surface area contributed by atoms with Gasteiger partial charge < -0.3 is 5.11 Å². The zero-order valence-electron chi connectivity index (χ0n) is 9.73. The zero-order valence-corrected chi connectivity index (χ0v) is 12.9. The van der Waals surface area contributed by atoms with E-state index in [1.165, 1.54) is 17.4 Å². The second-order valence-corrected chi connectivity index (χ2v) is 8.24. The number of hydrazine groups is 1. The molecule has 0 saturated carbocycles. The molecule has 0 bridgehead atoms. The van der Waals surface area contributed by atoms with Gasteiger partial charge in [0.15, 0.2) is 0 Å². The highest BCUT2D eigenvalue weighted by molar-refractivity contribution is 9.11. The summed E-state index contributed by atoms with van der Waals surface area (Å²) >= 11 is 4.46. The Balaban J connectivity index is 2.16. The van der Waals surface area contributed by atoms with Crippen LogP contribution >= 0.6 is 27.3 Å². The third-order valence-corrected chi connectivity index (χ3v) is 6.37. The summed E-state index contributed by atoms with van der Waals surface area (Å²) in [6.45, 7) is 1.34. The number of thiophene rings is 1. The van der Waals surface area contributed by atoms with Crippen LogP contribution in [0.15, 0.2) is 14.7 Å². The van der Waals surface area contributed by atoms with E-state index < -0.39 is 10.0 Å². The number of sulfonamides is 1. The van der Waals surface area contributed by atoms with Crippen molar-refractivity contribution >= 4 is 37.3 Å². The highest BCUT2D eigenvalue weighted by Gasteiger charge is 2.24. The lowest BCUT2D eigenvalue weighted by Crippen LogP contribution is -2.44. The summed E-state index contributed by atoms with van der Waals surface area (Å²) in [6, 6.07) is 1.50. The van der Waals surface area contributed by atoms with Gasteiger partial charge in [-0.1, -0.05) is 6.42 Å². The molecule has 2 rings (SSSR count). The molecule has 18 heavy (non-hydrogen) atoms. The fourth-order valence-corrected chi connectivity index (χ4v) is 5.53. The summed E-state index contributed by atoms with van der Waals surface area (Å²) in [5, 5.41) is 10.8. The van der Waals surface area contributed by atoms with Crippen LogP contribution in [0.4, 0.5) is 0 Å². The number of aliphatic hydroxyl groups is 1. The first kappa shape index (κ1) is 14.4. The SMILES string of the molecule is O=S(=O)(NN1CCCCC1)c1cc(CO)sc1Br. The van der Waals surface area contributed by atoms with Crippen molar-refractivity contribution in [3.05, 3.63) is 14.7 Å². The first-order chi connectivity index (χ1) is 8.53. The molecule has 0 spiro atoms. The molecule has 2 N–H and O–H groups in total. The fourth-order valence-electron chi connectivity index (χ4n) is 1.86. The average molecular weight is 355 g/mol. The molecule has 0 radical (unpaired) electrons. The molecule has 0 atom stereocenters. The van der Waals surface area contributed by atoms with Crippen molar-refractivity contribution < 1.29 is 13.5 Å². The Kier molecular flexibility index (Phi) is 4.79. The van der Waals surface area contributed by atoms with E-state index in [0.29, 0.717) is 8.66 Å².